The fourth-order valence-corrected chi connectivity index (χ4v) is 0. The first kappa shape index (κ1) is 17.9. The van der Waals surface area contributed by atoms with Gasteiger partial charge >= 0.3 is 62.5 Å². The average Bonchev–Trinajstić information content (AvgIpc) is 1.20. The maximum absolute atomic E-state index is 10.7. The molecule has 0 atom stereocenters. The molecule has 0 saturated heterocycles. The number of methoxy groups -OCH3 is 1. The van der Waals surface area contributed by atoms with Crippen molar-refractivity contribution in [3.05, 3.63) is 0 Å². The second kappa shape index (κ2) is 3.79. The van der Waals surface area contributed by atoms with Gasteiger partial charge in [-0.2, -0.15) is 0 Å². The van der Waals surface area contributed by atoms with E-state index in [0.717, 1.165) is 0 Å². The van der Waals surface area contributed by atoms with Gasteiger partial charge in [0.05, 0.1) is 0 Å². The molecule has 0 rings (SSSR count). The van der Waals surface area contributed by atoms with Crippen LogP contribution in [0.2, 0.25) is 0 Å². The van der Waals surface area contributed by atoms with Crippen LogP contribution >= 0.6 is 7.81 Å². The van der Waals surface area contributed by atoms with Gasteiger partial charge in [-0.05, 0) is 0 Å². The number of hydrogen-bond acceptors (Lipinski definition) is 1. The van der Waals surface area contributed by atoms with Gasteiger partial charge in [0, 0.05) is 14.2 Å². The van der Waals surface area contributed by atoms with Gasteiger partial charge in [-0.15, -0.1) is 0 Å². The van der Waals surface area contributed by atoms with Crippen molar-refractivity contribution in [2.45, 2.75) is 0 Å². The second-order valence-corrected chi connectivity index (χ2v) is 3.28. The Kier molecular flexibility index (Phi) is 6.16. The van der Waals surface area contributed by atoms with Gasteiger partial charge in [-0.25, -0.2) is 0 Å². The molecular weight excluding hydrogens is 208 g/mol. The molecule has 0 aromatic carbocycles. The quantitative estimate of drug-likeness (QED) is 0.327. The van der Waals surface area contributed by atoms with Crippen LogP contribution in [0.25, 0.3) is 0 Å². The predicted octanol–water partition coefficient (Wildman–Crippen LogP) is 0.649. The summed E-state index contributed by atoms with van der Waals surface area (Å²) in [6, 6.07) is 0. The molecule has 0 radical (unpaired) electrons. The van der Waals surface area contributed by atoms with Crippen molar-refractivity contribution in [3.8, 4) is 0 Å². The third kappa shape index (κ3) is 938. The first-order valence-corrected chi connectivity index (χ1v) is 3.86. The fraction of sp³-hybridized carbons (Fsp3) is 1.00. The summed E-state index contributed by atoms with van der Waals surface area (Å²) >= 11 is 0. The molecule has 0 fully saturated rings. The van der Waals surface area contributed by atoms with Gasteiger partial charge in [-0.1, -0.05) is 0 Å². The molecule has 0 spiro atoms. The molecule has 0 bridgehead atoms. The van der Waals surface area contributed by atoms with Crippen LogP contribution in [0.3, 0.4) is 0 Å². The zero-order valence-corrected chi connectivity index (χ0v) is 9.02. The standard InChI is InChI=1S/C2H6O.F6P.Na/c1-3-2;1-7(2,3,4,5)6;/h1-2H3;;/q;-1;+1. The molecule has 0 amide bonds. The second-order valence-electron chi connectivity index (χ2n) is 1.37. The Balaban J connectivity index is -0.000000140. The smallest absolute Gasteiger partial charge is 1.00 e. The summed E-state index contributed by atoms with van der Waals surface area (Å²) in [6.45, 7) is 0. The van der Waals surface area contributed by atoms with Crippen molar-refractivity contribution in [1.82, 2.24) is 0 Å². The molecule has 68 valence electrons. The van der Waals surface area contributed by atoms with Crippen molar-refractivity contribution in [2.75, 3.05) is 14.2 Å². The van der Waals surface area contributed by atoms with E-state index in [4.69, 9.17) is 0 Å². The average molecular weight is 214 g/mol. The Morgan fingerprint density at radius 3 is 0.818 bits per heavy atom. The van der Waals surface area contributed by atoms with E-state index in [1.165, 1.54) is 0 Å². The molecule has 0 aromatic rings. The number of hydrogen-bond donors (Lipinski definition) is 0. The summed E-state index contributed by atoms with van der Waals surface area (Å²) in [7, 11) is -7.41. The molecule has 1 nitrogen and oxygen atoms in total. The zero-order chi connectivity index (χ0) is 9.12. The van der Waals surface area contributed by atoms with Gasteiger partial charge in [0.15, 0.2) is 0 Å². The Hall–Kier alpha value is 0.970. The van der Waals surface area contributed by atoms with Crippen LogP contribution < -0.4 is 29.6 Å². The number of halogens is 6. The van der Waals surface area contributed by atoms with E-state index in [1.54, 1.807) is 14.2 Å². The third-order valence-electron chi connectivity index (χ3n) is 0. The van der Waals surface area contributed by atoms with Crippen LogP contribution in [-0.2, 0) is 4.74 Å². The molecule has 11 heavy (non-hydrogen) atoms. The maximum Gasteiger partial charge on any atom is 1.00 e. The van der Waals surface area contributed by atoms with Crippen molar-refractivity contribution in [3.63, 3.8) is 0 Å². The summed E-state index contributed by atoms with van der Waals surface area (Å²) in [5.41, 5.74) is 0. The SMILES string of the molecule is COC.F[P-](F)(F)(F)(F)F.[Na+]. The predicted molar refractivity (Wildman–Crippen MR) is 26.5 cm³/mol. The number of rotatable bonds is 0. The minimum atomic E-state index is -10.7. The largest absolute Gasteiger partial charge is 1.00 e. The van der Waals surface area contributed by atoms with Gasteiger partial charge in [0.1, 0.15) is 0 Å². The first-order chi connectivity index (χ1) is 3.86. The molecule has 9 heteroatoms. The zero-order valence-electron chi connectivity index (χ0n) is 6.12. The Labute approximate surface area is 81.6 Å². The summed E-state index contributed by atoms with van der Waals surface area (Å²) < 4.78 is 63.4. The fourth-order valence-electron chi connectivity index (χ4n) is 0. The molecule has 0 aliphatic heterocycles. The summed E-state index contributed by atoms with van der Waals surface area (Å²) in [5, 5.41) is 0. The van der Waals surface area contributed by atoms with Gasteiger partial charge in [0.25, 0.3) is 0 Å². The van der Waals surface area contributed by atoms with Gasteiger partial charge < -0.3 is 4.74 Å². The van der Waals surface area contributed by atoms with Crippen LogP contribution in [0.1, 0.15) is 0 Å². The summed E-state index contributed by atoms with van der Waals surface area (Å²) in [4.78, 5) is 0. The molecule has 0 aromatic heterocycles. The molecular formula is C2H6F6NaOP. The van der Waals surface area contributed by atoms with E-state index < -0.39 is 7.81 Å². The minimum absolute atomic E-state index is 0. The van der Waals surface area contributed by atoms with Crippen LogP contribution in [0.4, 0.5) is 25.2 Å². The molecule has 0 aliphatic carbocycles. The summed E-state index contributed by atoms with van der Waals surface area (Å²) in [6.07, 6.45) is 0. The normalized spacial score (nSPS) is 16.4. The van der Waals surface area contributed by atoms with Crippen molar-refractivity contribution >= 4 is 7.81 Å². The van der Waals surface area contributed by atoms with E-state index in [2.05, 4.69) is 4.74 Å². The Morgan fingerprint density at radius 2 is 0.818 bits per heavy atom. The molecule has 0 saturated carbocycles. The minimum Gasteiger partial charge on any atom is 1.00 e. The van der Waals surface area contributed by atoms with E-state index >= 15 is 0 Å². The molecule has 0 aliphatic rings. The van der Waals surface area contributed by atoms with E-state index in [9.17, 15) is 25.2 Å². The Morgan fingerprint density at radius 1 is 0.818 bits per heavy atom. The Bertz CT molecular complexity index is 89.9. The van der Waals surface area contributed by atoms with E-state index in [0.29, 0.717) is 0 Å². The van der Waals surface area contributed by atoms with Crippen LogP contribution in [0, 0.1) is 0 Å². The monoisotopic (exact) mass is 214 g/mol. The van der Waals surface area contributed by atoms with Crippen molar-refractivity contribution in [1.29, 1.82) is 0 Å². The first-order valence-electron chi connectivity index (χ1n) is 1.83. The van der Waals surface area contributed by atoms with E-state index in [-0.39, 0.29) is 29.6 Å². The molecule has 0 unspecified atom stereocenters. The summed E-state index contributed by atoms with van der Waals surface area (Å²) in [5.74, 6) is 0. The van der Waals surface area contributed by atoms with E-state index in [1.807, 2.05) is 0 Å². The van der Waals surface area contributed by atoms with Crippen LogP contribution in [-0.4, -0.2) is 14.2 Å². The van der Waals surface area contributed by atoms with Crippen LogP contribution in [0.5, 0.6) is 0 Å². The molecule has 0 heterocycles. The van der Waals surface area contributed by atoms with Gasteiger partial charge in [-0.3, -0.25) is 0 Å². The van der Waals surface area contributed by atoms with Gasteiger partial charge in [0.2, 0.25) is 0 Å². The van der Waals surface area contributed by atoms with Crippen molar-refractivity contribution in [2.24, 2.45) is 0 Å². The molecule has 0 N–H and O–H groups in total. The topological polar surface area (TPSA) is 9.23 Å². The number of ether oxygens (including phenoxy) is 1. The van der Waals surface area contributed by atoms with Crippen molar-refractivity contribution < 1.29 is 59.5 Å². The third-order valence-corrected chi connectivity index (χ3v) is 0. The maximum atomic E-state index is 9.87. The van der Waals surface area contributed by atoms with Crippen LogP contribution in [0.15, 0.2) is 0 Å².